The summed E-state index contributed by atoms with van der Waals surface area (Å²) in [7, 11) is 0. The first kappa shape index (κ1) is 12.2. The number of likely N-dealkylation sites (tertiary alicyclic amines) is 1. The molecule has 20 heavy (non-hydrogen) atoms. The summed E-state index contributed by atoms with van der Waals surface area (Å²) < 4.78 is 5.96. The second-order valence-corrected chi connectivity index (χ2v) is 7.21. The van der Waals surface area contributed by atoms with Crippen LogP contribution in [0.3, 0.4) is 0 Å². The molecule has 1 unspecified atom stereocenters. The number of amides is 1. The quantitative estimate of drug-likeness (QED) is 0.846. The molecule has 4 aliphatic rings. The first-order chi connectivity index (χ1) is 9.59. The SMILES string of the molecule is CC12CC(C(=O)N3CCC(Oc4ccccc4)C3)(C1)C2. The molecule has 1 aliphatic heterocycles. The lowest BCUT2D eigenvalue weighted by atomic mass is 9.35. The number of rotatable bonds is 3. The van der Waals surface area contributed by atoms with Crippen molar-refractivity contribution in [2.24, 2.45) is 10.8 Å². The fourth-order valence-electron chi connectivity index (χ4n) is 4.56. The van der Waals surface area contributed by atoms with E-state index < -0.39 is 0 Å². The highest BCUT2D eigenvalue weighted by Crippen LogP contribution is 2.73. The Kier molecular flexibility index (Phi) is 2.45. The van der Waals surface area contributed by atoms with Crippen LogP contribution < -0.4 is 4.74 Å². The van der Waals surface area contributed by atoms with Crippen LogP contribution in [0.4, 0.5) is 0 Å². The number of benzene rings is 1. The van der Waals surface area contributed by atoms with Crippen molar-refractivity contribution in [3.8, 4) is 5.75 Å². The molecular weight excluding hydrogens is 250 g/mol. The summed E-state index contributed by atoms with van der Waals surface area (Å²) in [5.74, 6) is 1.30. The third kappa shape index (κ3) is 1.75. The van der Waals surface area contributed by atoms with Crippen LogP contribution in [0.25, 0.3) is 0 Å². The van der Waals surface area contributed by atoms with Crippen molar-refractivity contribution in [2.45, 2.75) is 38.7 Å². The second kappa shape index (κ2) is 4.00. The summed E-state index contributed by atoms with van der Waals surface area (Å²) in [4.78, 5) is 14.6. The van der Waals surface area contributed by atoms with Gasteiger partial charge in [-0.15, -0.1) is 0 Å². The van der Waals surface area contributed by atoms with E-state index in [1.165, 1.54) is 0 Å². The van der Waals surface area contributed by atoms with E-state index in [0.29, 0.717) is 11.3 Å². The van der Waals surface area contributed by atoms with Crippen LogP contribution in [0.5, 0.6) is 5.75 Å². The van der Waals surface area contributed by atoms with Gasteiger partial charge < -0.3 is 9.64 Å². The molecule has 3 heteroatoms. The maximum absolute atomic E-state index is 12.6. The summed E-state index contributed by atoms with van der Waals surface area (Å²) in [6, 6.07) is 9.91. The van der Waals surface area contributed by atoms with Gasteiger partial charge in [0, 0.05) is 13.0 Å². The summed E-state index contributed by atoms with van der Waals surface area (Å²) in [5.41, 5.74) is 0.520. The van der Waals surface area contributed by atoms with E-state index in [1.54, 1.807) is 0 Å². The van der Waals surface area contributed by atoms with Gasteiger partial charge in [0.25, 0.3) is 0 Å². The molecule has 1 aromatic carbocycles. The monoisotopic (exact) mass is 271 g/mol. The van der Waals surface area contributed by atoms with Crippen LogP contribution in [0.1, 0.15) is 32.6 Å². The summed E-state index contributed by atoms with van der Waals surface area (Å²) >= 11 is 0. The molecule has 3 nitrogen and oxygen atoms in total. The lowest BCUT2D eigenvalue weighted by Gasteiger charge is -2.68. The van der Waals surface area contributed by atoms with Gasteiger partial charge in [0.2, 0.25) is 5.91 Å². The van der Waals surface area contributed by atoms with Gasteiger partial charge in [-0.05, 0) is 36.8 Å². The van der Waals surface area contributed by atoms with E-state index in [9.17, 15) is 4.79 Å². The predicted molar refractivity (Wildman–Crippen MR) is 76.4 cm³/mol. The van der Waals surface area contributed by atoms with Gasteiger partial charge in [0.1, 0.15) is 11.9 Å². The number of hydrogen-bond acceptors (Lipinski definition) is 2. The number of carbonyl (C=O) groups is 1. The lowest BCUT2D eigenvalue weighted by molar-refractivity contribution is -0.208. The molecular formula is C17H21NO2. The van der Waals surface area contributed by atoms with Crippen LogP contribution in [0.15, 0.2) is 30.3 Å². The number of carbonyl (C=O) groups excluding carboxylic acids is 1. The van der Waals surface area contributed by atoms with Crippen molar-refractivity contribution in [2.75, 3.05) is 13.1 Å². The van der Waals surface area contributed by atoms with E-state index in [0.717, 1.165) is 44.5 Å². The van der Waals surface area contributed by atoms with E-state index >= 15 is 0 Å². The molecule has 1 atom stereocenters. The Morgan fingerprint density at radius 1 is 1.25 bits per heavy atom. The molecule has 1 heterocycles. The third-order valence-corrected chi connectivity index (χ3v) is 5.23. The Morgan fingerprint density at radius 3 is 2.60 bits per heavy atom. The highest BCUT2D eigenvalue weighted by molar-refractivity contribution is 5.86. The van der Waals surface area contributed by atoms with Gasteiger partial charge in [0.05, 0.1) is 12.0 Å². The Morgan fingerprint density at radius 2 is 1.95 bits per heavy atom. The topological polar surface area (TPSA) is 29.5 Å². The highest BCUT2D eigenvalue weighted by Gasteiger charge is 2.69. The van der Waals surface area contributed by atoms with Crippen molar-refractivity contribution in [1.82, 2.24) is 4.90 Å². The normalized spacial score (nSPS) is 38.0. The molecule has 1 amide bonds. The van der Waals surface area contributed by atoms with Crippen molar-refractivity contribution in [3.63, 3.8) is 0 Å². The third-order valence-electron chi connectivity index (χ3n) is 5.23. The van der Waals surface area contributed by atoms with Crippen molar-refractivity contribution >= 4 is 5.91 Å². The molecule has 0 aromatic heterocycles. The minimum atomic E-state index is 0.0242. The van der Waals surface area contributed by atoms with Crippen molar-refractivity contribution in [1.29, 1.82) is 0 Å². The summed E-state index contributed by atoms with van der Waals surface area (Å²) in [5, 5.41) is 0. The first-order valence-corrected chi connectivity index (χ1v) is 7.60. The van der Waals surface area contributed by atoms with Crippen LogP contribution >= 0.6 is 0 Å². The zero-order chi connectivity index (χ0) is 13.8. The molecule has 2 bridgehead atoms. The Hall–Kier alpha value is -1.51. The molecule has 5 rings (SSSR count). The van der Waals surface area contributed by atoms with Gasteiger partial charge in [-0.1, -0.05) is 25.1 Å². The van der Waals surface area contributed by atoms with Crippen LogP contribution in [-0.4, -0.2) is 30.0 Å². The fraction of sp³-hybridized carbons (Fsp3) is 0.588. The standard InChI is InChI=1S/C17H21NO2/c1-16-10-17(11-16,12-16)15(19)18-8-7-14(9-18)20-13-5-3-2-4-6-13/h2-6,14H,7-12H2,1H3. The van der Waals surface area contributed by atoms with E-state index in [4.69, 9.17) is 4.74 Å². The molecule has 0 spiro atoms. The van der Waals surface area contributed by atoms with E-state index in [2.05, 4.69) is 6.92 Å². The lowest BCUT2D eigenvalue weighted by Crippen LogP contribution is -2.66. The van der Waals surface area contributed by atoms with Crippen LogP contribution in [-0.2, 0) is 4.79 Å². The molecule has 106 valence electrons. The second-order valence-electron chi connectivity index (χ2n) is 7.21. The summed E-state index contributed by atoms with van der Waals surface area (Å²) in [6.07, 6.45) is 4.44. The van der Waals surface area contributed by atoms with Gasteiger partial charge in [-0.3, -0.25) is 4.79 Å². The number of para-hydroxylation sites is 1. The minimum absolute atomic E-state index is 0.0242. The fourth-order valence-corrected chi connectivity index (χ4v) is 4.56. The molecule has 1 aromatic rings. The smallest absolute Gasteiger partial charge is 0.228 e. The average molecular weight is 271 g/mol. The maximum atomic E-state index is 12.6. The highest BCUT2D eigenvalue weighted by atomic mass is 16.5. The number of ether oxygens (including phenoxy) is 1. The van der Waals surface area contributed by atoms with Gasteiger partial charge in [0.15, 0.2) is 0 Å². The first-order valence-electron chi connectivity index (χ1n) is 7.60. The zero-order valence-electron chi connectivity index (χ0n) is 12.0. The molecule has 3 aliphatic carbocycles. The van der Waals surface area contributed by atoms with Crippen LogP contribution in [0.2, 0.25) is 0 Å². The molecule has 1 saturated heterocycles. The van der Waals surface area contributed by atoms with Gasteiger partial charge in [-0.2, -0.15) is 0 Å². The minimum Gasteiger partial charge on any atom is -0.489 e. The summed E-state index contributed by atoms with van der Waals surface area (Å²) in [6.45, 7) is 3.91. The van der Waals surface area contributed by atoms with Crippen molar-refractivity contribution in [3.05, 3.63) is 30.3 Å². The average Bonchev–Trinajstić information content (AvgIpc) is 2.83. The molecule has 0 N–H and O–H groups in total. The van der Waals surface area contributed by atoms with Crippen molar-refractivity contribution < 1.29 is 9.53 Å². The Labute approximate surface area is 119 Å². The van der Waals surface area contributed by atoms with E-state index in [1.807, 2.05) is 35.2 Å². The van der Waals surface area contributed by atoms with Crippen LogP contribution in [0, 0.1) is 10.8 Å². The van der Waals surface area contributed by atoms with E-state index in [-0.39, 0.29) is 11.5 Å². The Balaban J connectivity index is 1.36. The maximum Gasteiger partial charge on any atom is 0.228 e. The Bertz CT molecular complexity index is 519. The number of hydrogen-bond donors (Lipinski definition) is 0. The molecule has 3 saturated carbocycles. The largest absolute Gasteiger partial charge is 0.489 e. The molecule has 4 fully saturated rings. The number of nitrogens with zero attached hydrogens (tertiary/aromatic N) is 1. The predicted octanol–water partition coefficient (Wildman–Crippen LogP) is 2.86. The van der Waals surface area contributed by atoms with Gasteiger partial charge in [-0.25, -0.2) is 0 Å². The molecule has 0 radical (unpaired) electrons. The van der Waals surface area contributed by atoms with Gasteiger partial charge >= 0.3 is 0 Å². The zero-order valence-corrected chi connectivity index (χ0v) is 12.0.